The number of hydrogen-bond donors (Lipinski definition) is 0. The number of aromatic nitrogens is 3. The predicted molar refractivity (Wildman–Crippen MR) is 403 cm³/mol. The van der Waals surface area contributed by atoms with Crippen LogP contribution in [-0.4, -0.2) is 0 Å². The first-order valence-corrected chi connectivity index (χ1v) is 32.9. The minimum absolute atomic E-state index is 0.337. The highest BCUT2D eigenvalue weighted by atomic mass is 16.3. The zero-order valence-electron chi connectivity index (χ0n) is 61.5. The van der Waals surface area contributed by atoms with E-state index in [1.54, 1.807) is 18.3 Å². The Bertz CT molecular complexity index is 6430. The third-order valence-electron chi connectivity index (χ3n) is 19.4. The van der Waals surface area contributed by atoms with Crippen LogP contribution in [0, 0.1) is 48.3 Å². The van der Waals surface area contributed by atoms with Crippen molar-refractivity contribution in [1.29, 1.82) is 0 Å². The van der Waals surface area contributed by atoms with Crippen molar-refractivity contribution in [3.05, 3.63) is 306 Å². The van der Waals surface area contributed by atoms with Gasteiger partial charge in [-0.2, -0.15) is 0 Å². The zero-order valence-corrected chi connectivity index (χ0v) is 55.5. The van der Waals surface area contributed by atoms with Crippen molar-refractivity contribution in [3.8, 4) is 67.2 Å². The summed E-state index contributed by atoms with van der Waals surface area (Å²) in [5.74, 6) is 0. The highest BCUT2D eigenvalue weighted by Crippen LogP contribution is 2.41. The van der Waals surface area contributed by atoms with E-state index in [0.29, 0.717) is 16.7 Å². The number of pyridine rings is 3. The van der Waals surface area contributed by atoms with Gasteiger partial charge < -0.3 is 13.3 Å². The molecule has 18 aromatic rings. The molecule has 0 N–H and O–H groups in total. The molecule has 0 amide bonds. The van der Waals surface area contributed by atoms with Crippen molar-refractivity contribution in [2.24, 2.45) is 21.1 Å². The molecular weight excluding hydrogens is 1180 g/mol. The molecule has 0 aliphatic carbocycles. The van der Waals surface area contributed by atoms with Crippen LogP contribution in [0.15, 0.2) is 281 Å². The molecule has 0 fully saturated rings. The molecule has 0 saturated heterocycles. The van der Waals surface area contributed by atoms with E-state index in [9.17, 15) is 0 Å². The van der Waals surface area contributed by atoms with E-state index in [2.05, 4.69) is 234 Å². The molecule has 12 aromatic carbocycles. The predicted octanol–water partition coefficient (Wildman–Crippen LogP) is 22.9. The topological polar surface area (TPSA) is 51.1 Å². The largest absolute Gasteiger partial charge is 0.456 e. The van der Waals surface area contributed by atoms with Crippen molar-refractivity contribution in [3.63, 3.8) is 0 Å². The lowest BCUT2D eigenvalue weighted by molar-refractivity contribution is -0.660. The van der Waals surface area contributed by atoms with Crippen LogP contribution in [0.4, 0.5) is 0 Å². The molecule has 6 nitrogen and oxygen atoms in total. The van der Waals surface area contributed by atoms with E-state index in [1.165, 1.54) is 77.1 Å². The summed E-state index contributed by atoms with van der Waals surface area (Å²) in [6, 6.07) is 85.3. The van der Waals surface area contributed by atoms with Gasteiger partial charge in [-0.3, -0.25) is 0 Å². The van der Waals surface area contributed by atoms with Crippen molar-refractivity contribution in [2.45, 2.75) is 48.3 Å². The third kappa shape index (κ3) is 11.1. The maximum absolute atomic E-state index is 8.11. The van der Waals surface area contributed by atoms with Crippen molar-refractivity contribution in [1.82, 2.24) is 0 Å². The van der Waals surface area contributed by atoms with E-state index in [0.717, 1.165) is 110 Å². The van der Waals surface area contributed by atoms with Gasteiger partial charge in [0.2, 0.25) is 17.1 Å². The van der Waals surface area contributed by atoms with Gasteiger partial charge >= 0.3 is 0 Å². The third-order valence-corrected chi connectivity index (χ3v) is 19.4. The summed E-state index contributed by atoms with van der Waals surface area (Å²) in [4.78, 5) is 0. The number of furan rings is 3. The number of rotatable bonds is 6. The molecule has 0 atom stereocenters. The first-order chi connectivity index (χ1) is 49.5. The fourth-order valence-corrected chi connectivity index (χ4v) is 14.3. The fraction of sp³-hybridized carbons (Fsp3) is 0.110. The van der Waals surface area contributed by atoms with Gasteiger partial charge in [0.15, 0.2) is 18.6 Å². The second kappa shape index (κ2) is 24.2. The molecule has 0 spiro atoms. The molecule has 0 radical (unpaired) electrons. The lowest BCUT2D eigenvalue weighted by Gasteiger charge is -2.10. The SMILES string of the molecule is Cc1ccc2cc3oc4cc(-c5cc(-c6ccccc6)c(C)c[n+]5C)c(C)cc4c3cc2c1.[2H]C([2H])([2H])c1c[n+](C)c(-c2cc3oc4cc5ccccc5cc4c3cc2C)cc1-c1ccccc1.[2H]C([2H])([2H])c1ccc2cc3oc4cc(-c5cc(-c6ccccc6)cc[n+]5C)c(C)cc4c3cc2c1. The molecule has 0 aliphatic rings. The molecule has 6 heteroatoms. The first-order valence-electron chi connectivity index (χ1n) is 35.9. The van der Waals surface area contributed by atoms with E-state index in [-0.39, 0.29) is 0 Å². The highest BCUT2D eigenvalue weighted by Gasteiger charge is 2.24. The maximum Gasteiger partial charge on any atom is 0.213 e. The Morgan fingerprint density at radius 2 is 0.629 bits per heavy atom. The second-order valence-electron chi connectivity index (χ2n) is 26.1. The van der Waals surface area contributed by atoms with Gasteiger partial charge in [-0.1, -0.05) is 163 Å². The summed E-state index contributed by atoms with van der Waals surface area (Å²) in [6.07, 6.45) is 6.05. The highest BCUT2D eigenvalue weighted by molar-refractivity contribution is 6.14. The van der Waals surface area contributed by atoms with Crippen molar-refractivity contribution >= 4 is 98.1 Å². The van der Waals surface area contributed by atoms with E-state index in [1.807, 2.05) is 84.4 Å². The van der Waals surface area contributed by atoms with Gasteiger partial charge in [-0.15, -0.1) is 0 Å². The molecule has 18 rings (SSSR count). The van der Waals surface area contributed by atoms with Crippen molar-refractivity contribution in [2.75, 3.05) is 0 Å². The van der Waals surface area contributed by atoms with Crippen LogP contribution >= 0.6 is 0 Å². The van der Waals surface area contributed by atoms with Crippen LogP contribution in [0.2, 0.25) is 0 Å². The van der Waals surface area contributed by atoms with Crippen LogP contribution in [-0.2, 0) is 21.1 Å². The number of fused-ring (bicyclic) bond motifs is 12. The molecule has 0 saturated carbocycles. The number of hydrogen-bond acceptors (Lipinski definition) is 3. The first kappa shape index (κ1) is 53.6. The van der Waals surface area contributed by atoms with Gasteiger partial charge in [-0.25, -0.2) is 13.7 Å². The lowest BCUT2D eigenvalue weighted by Crippen LogP contribution is -2.31. The molecule has 0 unspecified atom stereocenters. The summed E-state index contributed by atoms with van der Waals surface area (Å²) >= 11 is 0. The van der Waals surface area contributed by atoms with Crippen LogP contribution in [0.1, 0.15) is 47.2 Å². The van der Waals surface area contributed by atoms with Gasteiger partial charge in [0.05, 0.1) is 16.7 Å². The van der Waals surface area contributed by atoms with Crippen LogP contribution in [0.5, 0.6) is 0 Å². The summed E-state index contributed by atoms with van der Waals surface area (Å²) < 4.78 is 72.8. The van der Waals surface area contributed by atoms with Gasteiger partial charge in [0.25, 0.3) is 0 Å². The molecule has 6 aromatic heterocycles. The molecule has 0 bridgehead atoms. The molecular formula is C91H74N3O3+3. The van der Waals surface area contributed by atoms with Crippen LogP contribution < -0.4 is 13.7 Å². The van der Waals surface area contributed by atoms with E-state index >= 15 is 0 Å². The van der Waals surface area contributed by atoms with Gasteiger partial charge in [0.1, 0.15) is 54.6 Å². The molecule has 468 valence electrons. The Kier molecular flexibility index (Phi) is 13.4. The lowest BCUT2D eigenvalue weighted by atomic mass is 9.96. The average molecular weight is 1260 g/mol. The minimum Gasteiger partial charge on any atom is -0.456 e. The average Bonchev–Trinajstić information content (AvgIpc) is 1.64. The second-order valence-corrected chi connectivity index (χ2v) is 26.1. The molecule has 6 heterocycles. The fourth-order valence-electron chi connectivity index (χ4n) is 14.3. The van der Waals surface area contributed by atoms with Crippen LogP contribution in [0.25, 0.3) is 165 Å². The number of aryl methyl sites for hydroxylation is 10. The van der Waals surface area contributed by atoms with Crippen LogP contribution in [0.3, 0.4) is 0 Å². The Labute approximate surface area is 573 Å². The standard InChI is InChI=1S/C31H26NO.2C30H24NO/c1-19-10-11-23-15-30-28(14-24(23)12-19)27-13-20(2)26(17-31(27)33-30)29-16-25(21(3)18-32(29)4)22-8-6-5-7-9-22;1-19-13-26-27-14-22-11-7-8-12-23(22)15-29(27)32-30(26)17-25(19)28-16-24(20(2)18-31(28)3)21-9-5-4-6-10-21;1-19-9-10-22-17-29-27(15-24(22)13-19)26-14-20(2)25(18-30(26)32-29)28-16-23(11-12-31(28)3)21-7-5-4-6-8-21/h5-18H,1-4H3;2*4-18H,1-3H3/q3*+1/i;2D3;1D3. The summed E-state index contributed by atoms with van der Waals surface area (Å²) in [7, 11) is 6.07. The zero-order chi connectivity index (χ0) is 71.3. The summed E-state index contributed by atoms with van der Waals surface area (Å²) in [5.41, 5.74) is 24.9. The number of benzene rings is 12. The Morgan fingerprint density at radius 1 is 0.258 bits per heavy atom. The Morgan fingerprint density at radius 3 is 1.10 bits per heavy atom. The monoisotopic (exact) mass is 1260 g/mol. The van der Waals surface area contributed by atoms with E-state index < -0.39 is 13.7 Å². The molecule has 0 aliphatic heterocycles. The van der Waals surface area contributed by atoms with Gasteiger partial charge in [-0.05, 0) is 204 Å². The summed E-state index contributed by atoms with van der Waals surface area (Å²) in [6.45, 7) is 6.37. The van der Waals surface area contributed by atoms with Gasteiger partial charge in [0, 0.05) is 75.9 Å². The number of nitrogens with zero attached hydrogens (tertiary/aromatic N) is 3. The smallest absolute Gasteiger partial charge is 0.213 e. The summed E-state index contributed by atoms with van der Waals surface area (Å²) in [5, 5.41) is 13.2. The maximum atomic E-state index is 8.11. The van der Waals surface area contributed by atoms with Crippen molar-refractivity contribution < 1.29 is 35.2 Å². The van der Waals surface area contributed by atoms with E-state index in [4.69, 9.17) is 21.5 Å². The normalized spacial score (nSPS) is 12.8. The molecule has 97 heavy (non-hydrogen) atoms. The Hall–Kier alpha value is -11.7. The Balaban J connectivity index is 0.000000119. The minimum atomic E-state index is -2.22. The quantitative estimate of drug-likeness (QED) is 0.156.